The lowest BCUT2D eigenvalue weighted by atomic mass is 10.2. The Hall–Kier alpha value is -1.09. The van der Waals surface area contributed by atoms with Crippen LogP contribution in [0.2, 0.25) is 0 Å². The van der Waals surface area contributed by atoms with Gasteiger partial charge >= 0.3 is 0 Å². The van der Waals surface area contributed by atoms with Crippen LogP contribution in [0.25, 0.3) is 0 Å². The average Bonchev–Trinajstić information content (AvgIpc) is 2.20. The van der Waals surface area contributed by atoms with Gasteiger partial charge in [-0.05, 0) is 38.1 Å². The zero-order valence-corrected chi connectivity index (χ0v) is 9.51. The third-order valence-electron chi connectivity index (χ3n) is 2.13. The first-order valence-electron chi connectivity index (χ1n) is 5.25. The van der Waals surface area contributed by atoms with Crippen molar-refractivity contribution in [1.82, 2.24) is 5.32 Å². The number of ether oxygens (including phenoxy) is 1. The second-order valence-electron chi connectivity index (χ2n) is 3.70. The lowest BCUT2D eigenvalue weighted by molar-refractivity contribution is 0.263. The summed E-state index contributed by atoms with van der Waals surface area (Å²) in [6.45, 7) is 7.33. The van der Waals surface area contributed by atoms with Crippen molar-refractivity contribution in [3.8, 4) is 5.75 Å². The number of nitrogens with one attached hydrogen (secondary N) is 1. The fourth-order valence-corrected chi connectivity index (χ4v) is 1.34. The number of aryl methyl sites for hydroxylation is 1. The molecule has 0 heterocycles. The first-order valence-corrected chi connectivity index (χ1v) is 5.25. The summed E-state index contributed by atoms with van der Waals surface area (Å²) in [4.78, 5) is 0. The summed E-state index contributed by atoms with van der Waals surface area (Å²) < 4.78 is 18.7. The van der Waals surface area contributed by atoms with E-state index in [1.165, 1.54) is 6.07 Å². The van der Waals surface area contributed by atoms with E-state index in [0.29, 0.717) is 12.4 Å². The highest BCUT2D eigenvalue weighted by atomic mass is 19.1. The molecule has 1 atom stereocenters. The van der Waals surface area contributed by atoms with Gasteiger partial charge in [0.05, 0.1) is 0 Å². The Bertz CT molecular complexity index is 314. The summed E-state index contributed by atoms with van der Waals surface area (Å²) in [6, 6.07) is 5.11. The highest BCUT2D eigenvalue weighted by molar-refractivity contribution is 5.29. The maximum Gasteiger partial charge on any atom is 0.165 e. The van der Waals surface area contributed by atoms with Gasteiger partial charge in [-0.15, -0.1) is 0 Å². The molecular weight excluding hydrogens is 193 g/mol. The number of hydrogen-bond acceptors (Lipinski definition) is 2. The first kappa shape index (κ1) is 12.0. The van der Waals surface area contributed by atoms with E-state index in [1.54, 1.807) is 12.1 Å². The van der Waals surface area contributed by atoms with Crippen molar-refractivity contribution >= 4 is 0 Å². The quantitative estimate of drug-likeness (QED) is 0.808. The minimum atomic E-state index is -0.302. The molecule has 1 N–H and O–H groups in total. The molecule has 3 heteroatoms. The summed E-state index contributed by atoms with van der Waals surface area (Å²) in [6.07, 6.45) is 0. The van der Waals surface area contributed by atoms with E-state index in [4.69, 9.17) is 4.74 Å². The normalized spacial score (nSPS) is 12.5. The number of benzene rings is 1. The van der Waals surface area contributed by atoms with Gasteiger partial charge in [-0.25, -0.2) is 4.39 Å². The van der Waals surface area contributed by atoms with Gasteiger partial charge in [-0.3, -0.25) is 0 Å². The molecule has 0 aliphatic rings. The summed E-state index contributed by atoms with van der Waals surface area (Å²) in [5.41, 5.74) is 1.00. The SMILES string of the molecule is CCNC(C)COc1cc(C)ccc1F. The van der Waals surface area contributed by atoms with Gasteiger partial charge in [0.1, 0.15) is 6.61 Å². The molecule has 0 radical (unpaired) electrons. The van der Waals surface area contributed by atoms with Crippen LogP contribution in [0.4, 0.5) is 4.39 Å². The summed E-state index contributed by atoms with van der Waals surface area (Å²) in [7, 11) is 0. The number of likely N-dealkylation sites (N-methyl/N-ethyl adjacent to an activating group) is 1. The van der Waals surface area contributed by atoms with Gasteiger partial charge in [-0.1, -0.05) is 13.0 Å². The molecule has 0 spiro atoms. The minimum Gasteiger partial charge on any atom is -0.489 e. The summed E-state index contributed by atoms with van der Waals surface area (Å²) in [5.74, 6) is 0.0315. The van der Waals surface area contributed by atoms with Crippen molar-refractivity contribution in [2.75, 3.05) is 13.2 Å². The topological polar surface area (TPSA) is 21.3 Å². The van der Waals surface area contributed by atoms with E-state index in [9.17, 15) is 4.39 Å². The Balaban J connectivity index is 2.53. The van der Waals surface area contributed by atoms with E-state index >= 15 is 0 Å². The highest BCUT2D eigenvalue weighted by Gasteiger charge is 2.05. The maximum atomic E-state index is 13.3. The third-order valence-corrected chi connectivity index (χ3v) is 2.13. The molecule has 0 aromatic heterocycles. The second-order valence-corrected chi connectivity index (χ2v) is 3.70. The van der Waals surface area contributed by atoms with Crippen LogP contribution in [0, 0.1) is 12.7 Å². The largest absolute Gasteiger partial charge is 0.489 e. The van der Waals surface area contributed by atoms with Crippen LogP contribution in [0.5, 0.6) is 5.75 Å². The molecule has 0 amide bonds. The molecule has 0 fully saturated rings. The van der Waals surface area contributed by atoms with Crippen LogP contribution < -0.4 is 10.1 Å². The average molecular weight is 211 g/mol. The fraction of sp³-hybridized carbons (Fsp3) is 0.500. The van der Waals surface area contributed by atoms with E-state index < -0.39 is 0 Å². The molecule has 15 heavy (non-hydrogen) atoms. The Labute approximate surface area is 90.4 Å². The molecule has 0 bridgehead atoms. The van der Waals surface area contributed by atoms with Gasteiger partial charge in [-0.2, -0.15) is 0 Å². The molecule has 0 aliphatic heterocycles. The van der Waals surface area contributed by atoms with E-state index in [2.05, 4.69) is 5.32 Å². The van der Waals surface area contributed by atoms with Gasteiger partial charge in [0.25, 0.3) is 0 Å². The van der Waals surface area contributed by atoms with Crippen molar-refractivity contribution in [2.45, 2.75) is 26.8 Å². The lowest BCUT2D eigenvalue weighted by Gasteiger charge is -2.14. The second kappa shape index (κ2) is 5.71. The van der Waals surface area contributed by atoms with E-state index in [0.717, 1.165) is 12.1 Å². The molecule has 1 aromatic carbocycles. The molecule has 1 unspecified atom stereocenters. The predicted octanol–water partition coefficient (Wildman–Crippen LogP) is 2.51. The van der Waals surface area contributed by atoms with Crippen LogP contribution in [0.1, 0.15) is 19.4 Å². The molecule has 84 valence electrons. The van der Waals surface area contributed by atoms with Gasteiger partial charge in [0.15, 0.2) is 11.6 Å². The van der Waals surface area contributed by atoms with E-state index in [-0.39, 0.29) is 11.9 Å². The highest BCUT2D eigenvalue weighted by Crippen LogP contribution is 2.18. The van der Waals surface area contributed by atoms with Crippen molar-refractivity contribution < 1.29 is 9.13 Å². The molecule has 1 rings (SSSR count). The monoisotopic (exact) mass is 211 g/mol. The van der Waals surface area contributed by atoms with Gasteiger partial charge in [0, 0.05) is 6.04 Å². The van der Waals surface area contributed by atoms with Crippen molar-refractivity contribution in [2.24, 2.45) is 0 Å². The van der Waals surface area contributed by atoms with E-state index in [1.807, 2.05) is 20.8 Å². The Morgan fingerprint density at radius 2 is 2.20 bits per heavy atom. The standard InChI is InChI=1S/C12H18FNO/c1-4-14-10(3)8-15-12-7-9(2)5-6-11(12)13/h5-7,10,14H,4,8H2,1-3H3. The zero-order chi connectivity index (χ0) is 11.3. The maximum absolute atomic E-state index is 13.3. The van der Waals surface area contributed by atoms with Crippen molar-refractivity contribution in [3.63, 3.8) is 0 Å². The van der Waals surface area contributed by atoms with Crippen LogP contribution in [0.15, 0.2) is 18.2 Å². The third kappa shape index (κ3) is 3.88. The number of rotatable bonds is 5. The summed E-state index contributed by atoms with van der Waals surface area (Å²) in [5, 5.41) is 3.20. The Kier molecular flexibility index (Phi) is 4.56. The van der Waals surface area contributed by atoms with Crippen LogP contribution in [-0.2, 0) is 0 Å². The number of hydrogen-bond donors (Lipinski definition) is 1. The number of halogens is 1. The molecule has 0 saturated heterocycles. The molecule has 2 nitrogen and oxygen atoms in total. The zero-order valence-electron chi connectivity index (χ0n) is 9.51. The molecule has 0 saturated carbocycles. The lowest BCUT2D eigenvalue weighted by Crippen LogP contribution is -2.31. The van der Waals surface area contributed by atoms with Crippen molar-refractivity contribution in [3.05, 3.63) is 29.6 Å². The van der Waals surface area contributed by atoms with Crippen molar-refractivity contribution in [1.29, 1.82) is 0 Å². The molecule has 0 aliphatic carbocycles. The van der Waals surface area contributed by atoms with Gasteiger partial charge in [0.2, 0.25) is 0 Å². The summed E-state index contributed by atoms with van der Waals surface area (Å²) >= 11 is 0. The first-order chi connectivity index (χ1) is 7.13. The minimum absolute atomic E-state index is 0.231. The molecule has 1 aromatic rings. The Morgan fingerprint density at radius 3 is 2.87 bits per heavy atom. The van der Waals surface area contributed by atoms with Gasteiger partial charge < -0.3 is 10.1 Å². The van der Waals surface area contributed by atoms with Crippen LogP contribution in [-0.4, -0.2) is 19.2 Å². The molecular formula is C12H18FNO. The Morgan fingerprint density at radius 1 is 1.47 bits per heavy atom. The predicted molar refractivity (Wildman–Crippen MR) is 59.8 cm³/mol. The van der Waals surface area contributed by atoms with Crippen LogP contribution in [0.3, 0.4) is 0 Å². The fourth-order valence-electron chi connectivity index (χ4n) is 1.34. The van der Waals surface area contributed by atoms with Crippen LogP contribution >= 0.6 is 0 Å². The smallest absolute Gasteiger partial charge is 0.165 e.